The third-order valence-corrected chi connectivity index (χ3v) is 4.42. The molecule has 0 fully saturated rings. The molecule has 0 aliphatic heterocycles. The van der Waals surface area contributed by atoms with E-state index in [1.54, 1.807) is 54.6 Å². The minimum Gasteiger partial charge on any atom is -0.508 e. The van der Waals surface area contributed by atoms with E-state index in [1.807, 2.05) is 0 Å². The molecule has 3 aromatic rings. The van der Waals surface area contributed by atoms with Crippen molar-refractivity contribution in [2.24, 2.45) is 0 Å². The van der Waals surface area contributed by atoms with Crippen LogP contribution in [0.1, 0.15) is 9.67 Å². The number of phenolic OH excluding ortho intramolecular Hbond substituents is 2. The number of aromatic hydroxyl groups is 2. The third kappa shape index (κ3) is 2.66. The molecule has 110 valence electrons. The first-order valence-electron chi connectivity index (χ1n) is 6.50. The molecular weight excluding hydrogens is 300 g/mol. The average molecular weight is 312 g/mol. The van der Waals surface area contributed by atoms with Crippen molar-refractivity contribution in [3.8, 4) is 33.1 Å². The van der Waals surface area contributed by atoms with Crippen molar-refractivity contribution in [3.63, 3.8) is 0 Å². The van der Waals surface area contributed by atoms with Crippen LogP contribution >= 0.6 is 11.3 Å². The van der Waals surface area contributed by atoms with Gasteiger partial charge >= 0.3 is 5.97 Å². The van der Waals surface area contributed by atoms with Crippen molar-refractivity contribution in [3.05, 3.63) is 59.5 Å². The van der Waals surface area contributed by atoms with Gasteiger partial charge in [-0.2, -0.15) is 0 Å². The summed E-state index contributed by atoms with van der Waals surface area (Å²) in [6.45, 7) is 0. The quantitative estimate of drug-likeness (QED) is 0.677. The number of aromatic carboxylic acids is 1. The smallest absolute Gasteiger partial charge is 0.345 e. The van der Waals surface area contributed by atoms with E-state index in [0.29, 0.717) is 0 Å². The lowest BCUT2D eigenvalue weighted by molar-refractivity contribution is 0.0702. The lowest BCUT2D eigenvalue weighted by Crippen LogP contribution is -1.89. The minimum atomic E-state index is -0.977. The lowest BCUT2D eigenvalue weighted by Gasteiger charge is -2.05. The van der Waals surface area contributed by atoms with Gasteiger partial charge in [-0.3, -0.25) is 0 Å². The van der Waals surface area contributed by atoms with Crippen molar-refractivity contribution in [1.82, 2.24) is 0 Å². The van der Waals surface area contributed by atoms with Crippen LogP contribution < -0.4 is 0 Å². The number of phenols is 2. The highest BCUT2D eigenvalue weighted by Gasteiger charge is 2.16. The Labute approximate surface area is 130 Å². The Hall–Kier alpha value is -2.79. The average Bonchev–Trinajstić information content (AvgIpc) is 2.94. The van der Waals surface area contributed by atoms with E-state index in [1.165, 1.54) is 11.3 Å². The summed E-state index contributed by atoms with van der Waals surface area (Å²) in [5.74, 6) is -0.663. The Bertz CT molecular complexity index is 754. The van der Waals surface area contributed by atoms with E-state index >= 15 is 0 Å². The Morgan fingerprint density at radius 3 is 1.82 bits per heavy atom. The SMILES string of the molecule is O=C(O)c1cc(-c2ccc(O)cc2)c(-c2ccc(O)cc2)s1. The third-order valence-electron chi connectivity index (χ3n) is 3.25. The first-order chi connectivity index (χ1) is 10.5. The zero-order valence-electron chi connectivity index (χ0n) is 11.4. The molecule has 0 amide bonds. The lowest BCUT2D eigenvalue weighted by atomic mass is 10.0. The van der Waals surface area contributed by atoms with E-state index in [-0.39, 0.29) is 16.4 Å². The van der Waals surface area contributed by atoms with Crippen LogP contribution in [0.15, 0.2) is 54.6 Å². The molecule has 0 aliphatic rings. The molecule has 1 aromatic heterocycles. The maximum absolute atomic E-state index is 11.3. The second kappa shape index (κ2) is 5.54. The number of benzene rings is 2. The second-order valence-corrected chi connectivity index (χ2v) is 5.80. The van der Waals surface area contributed by atoms with E-state index in [9.17, 15) is 20.1 Å². The number of thiophene rings is 1. The molecule has 22 heavy (non-hydrogen) atoms. The number of rotatable bonds is 3. The summed E-state index contributed by atoms with van der Waals surface area (Å²) in [5.41, 5.74) is 2.44. The van der Waals surface area contributed by atoms with Crippen LogP contribution in [0, 0.1) is 0 Å². The summed E-state index contributed by atoms with van der Waals surface area (Å²) < 4.78 is 0. The van der Waals surface area contributed by atoms with Crippen LogP contribution in [0.4, 0.5) is 0 Å². The molecule has 0 atom stereocenters. The fourth-order valence-electron chi connectivity index (χ4n) is 2.18. The van der Waals surface area contributed by atoms with Crippen LogP contribution in [0.3, 0.4) is 0 Å². The van der Waals surface area contributed by atoms with E-state index < -0.39 is 5.97 Å². The summed E-state index contributed by atoms with van der Waals surface area (Å²) in [4.78, 5) is 12.3. The Morgan fingerprint density at radius 1 is 0.818 bits per heavy atom. The predicted molar refractivity (Wildman–Crippen MR) is 85.5 cm³/mol. The summed E-state index contributed by atoms with van der Waals surface area (Å²) in [7, 11) is 0. The van der Waals surface area contributed by atoms with Gasteiger partial charge in [-0.15, -0.1) is 11.3 Å². The highest BCUT2D eigenvalue weighted by atomic mass is 32.1. The number of carbonyl (C=O) groups is 1. The van der Waals surface area contributed by atoms with Gasteiger partial charge in [0.25, 0.3) is 0 Å². The first-order valence-corrected chi connectivity index (χ1v) is 7.32. The summed E-state index contributed by atoms with van der Waals surface area (Å²) in [6, 6.07) is 14.9. The highest BCUT2D eigenvalue weighted by Crippen LogP contribution is 2.40. The highest BCUT2D eigenvalue weighted by molar-refractivity contribution is 7.18. The zero-order valence-corrected chi connectivity index (χ0v) is 12.2. The van der Waals surface area contributed by atoms with Gasteiger partial charge in [0.05, 0.1) is 0 Å². The van der Waals surface area contributed by atoms with Gasteiger partial charge in [-0.05, 0) is 53.6 Å². The molecule has 3 rings (SSSR count). The Morgan fingerprint density at radius 2 is 1.32 bits per heavy atom. The monoisotopic (exact) mass is 312 g/mol. The molecule has 4 nitrogen and oxygen atoms in total. The van der Waals surface area contributed by atoms with Crippen LogP contribution in [0.2, 0.25) is 0 Å². The van der Waals surface area contributed by atoms with E-state index in [4.69, 9.17) is 0 Å². The Kier molecular flexibility index (Phi) is 3.56. The molecule has 1 heterocycles. The summed E-state index contributed by atoms with van der Waals surface area (Å²) >= 11 is 1.18. The molecule has 2 aromatic carbocycles. The van der Waals surface area contributed by atoms with E-state index in [0.717, 1.165) is 21.6 Å². The molecule has 3 N–H and O–H groups in total. The van der Waals surface area contributed by atoms with Crippen LogP contribution in [0.25, 0.3) is 21.6 Å². The normalized spacial score (nSPS) is 10.5. The number of hydrogen-bond donors (Lipinski definition) is 3. The van der Waals surface area contributed by atoms with Crippen LogP contribution in [0.5, 0.6) is 11.5 Å². The molecule has 0 saturated heterocycles. The van der Waals surface area contributed by atoms with Gasteiger partial charge in [-0.1, -0.05) is 12.1 Å². The van der Waals surface area contributed by atoms with Gasteiger partial charge in [0.2, 0.25) is 0 Å². The molecular formula is C17H12O4S. The van der Waals surface area contributed by atoms with Crippen LogP contribution in [-0.4, -0.2) is 21.3 Å². The number of carboxylic acids is 1. The van der Waals surface area contributed by atoms with Gasteiger partial charge < -0.3 is 15.3 Å². The molecule has 5 heteroatoms. The standard InChI is InChI=1S/C17H12O4S/c18-12-5-1-10(2-6-12)14-9-15(17(20)21)22-16(14)11-3-7-13(19)8-4-11/h1-9,18-19H,(H,20,21). The molecule has 0 bridgehead atoms. The van der Waals surface area contributed by atoms with Crippen molar-refractivity contribution < 1.29 is 20.1 Å². The molecule has 0 unspecified atom stereocenters. The maximum atomic E-state index is 11.3. The molecule has 0 spiro atoms. The molecule has 0 saturated carbocycles. The maximum Gasteiger partial charge on any atom is 0.345 e. The first kappa shape index (κ1) is 14.2. The summed E-state index contributed by atoms with van der Waals surface area (Å²) in [6.07, 6.45) is 0. The van der Waals surface area contributed by atoms with Gasteiger partial charge in [0.15, 0.2) is 0 Å². The van der Waals surface area contributed by atoms with Crippen molar-refractivity contribution in [2.75, 3.05) is 0 Å². The fourth-order valence-corrected chi connectivity index (χ4v) is 3.20. The molecule has 0 radical (unpaired) electrons. The largest absolute Gasteiger partial charge is 0.508 e. The van der Waals surface area contributed by atoms with E-state index in [2.05, 4.69) is 0 Å². The van der Waals surface area contributed by atoms with Crippen molar-refractivity contribution >= 4 is 17.3 Å². The van der Waals surface area contributed by atoms with Gasteiger partial charge in [0.1, 0.15) is 16.4 Å². The Balaban J connectivity index is 2.17. The predicted octanol–water partition coefficient (Wildman–Crippen LogP) is 4.19. The topological polar surface area (TPSA) is 77.8 Å². The fraction of sp³-hybridized carbons (Fsp3) is 0. The summed E-state index contributed by atoms with van der Waals surface area (Å²) in [5, 5.41) is 28.0. The van der Waals surface area contributed by atoms with Gasteiger partial charge in [-0.25, -0.2) is 4.79 Å². The van der Waals surface area contributed by atoms with Crippen molar-refractivity contribution in [1.29, 1.82) is 0 Å². The zero-order chi connectivity index (χ0) is 15.7. The van der Waals surface area contributed by atoms with Crippen molar-refractivity contribution in [2.45, 2.75) is 0 Å². The number of carboxylic acid groups (broad SMARTS) is 1. The van der Waals surface area contributed by atoms with Gasteiger partial charge in [0, 0.05) is 10.4 Å². The van der Waals surface area contributed by atoms with Crippen LogP contribution in [-0.2, 0) is 0 Å². The second-order valence-electron chi connectivity index (χ2n) is 4.75. The number of hydrogen-bond acceptors (Lipinski definition) is 4. The molecule has 0 aliphatic carbocycles. The minimum absolute atomic E-state index is 0.156.